The van der Waals surface area contributed by atoms with Crippen LogP contribution in [0.15, 0.2) is 47.4 Å². The molecule has 29 heavy (non-hydrogen) atoms. The summed E-state index contributed by atoms with van der Waals surface area (Å²) in [7, 11) is -0.265. The molecule has 3 rings (SSSR count). The van der Waals surface area contributed by atoms with E-state index < -0.39 is 10.0 Å². The molecule has 0 atom stereocenters. The lowest BCUT2D eigenvalue weighted by molar-refractivity contribution is 0.181. The SMILES string of the molecule is CCOc1ccc(S(=O)(=O)N2CCN(Cc3ccc(OC)c(OC)c3)CC2)cc1. The summed E-state index contributed by atoms with van der Waals surface area (Å²) in [6.07, 6.45) is 0. The van der Waals surface area contributed by atoms with Crippen LogP contribution in [0.3, 0.4) is 0 Å². The molecule has 0 aliphatic carbocycles. The zero-order valence-electron chi connectivity index (χ0n) is 17.1. The smallest absolute Gasteiger partial charge is 0.243 e. The van der Waals surface area contributed by atoms with Crippen LogP contribution in [0.5, 0.6) is 17.2 Å². The summed E-state index contributed by atoms with van der Waals surface area (Å²) in [6.45, 7) is 5.44. The quantitative estimate of drug-likeness (QED) is 0.654. The van der Waals surface area contributed by atoms with E-state index in [0.717, 1.165) is 12.1 Å². The molecule has 0 N–H and O–H groups in total. The van der Waals surface area contributed by atoms with E-state index in [1.807, 2.05) is 25.1 Å². The maximum absolute atomic E-state index is 12.9. The summed E-state index contributed by atoms with van der Waals surface area (Å²) < 4.78 is 43.4. The van der Waals surface area contributed by atoms with Crippen molar-refractivity contribution in [3.8, 4) is 17.2 Å². The predicted molar refractivity (Wildman–Crippen MR) is 111 cm³/mol. The number of sulfonamides is 1. The van der Waals surface area contributed by atoms with E-state index in [1.54, 1.807) is 42.8 Å². The molecule has 0 spiro atoms. The Morgan fingerprint density at radius 3 is 2.14 bits per heavy atom. The van der Waals surface area contributed by atoms with Crippen LogP contribution >= 0.6 is 0 Å². The highest BCUT2D eigenvalue weighted by Crippen LogP contribution is 2.28. The summed E-state index contributed by atoms with van der Waals surface area (Å²) >= 11 is 0. The standard InChI is InChI=1S/C21H28N2O5S/c1-4-28-18-6-8-19(9-7-18)29(24,25)23-13-11-22(12-14-23)16-17-5-10-20(26-2)21(15-17)27-3/h5-10,15H,4,11-14,16H2,1-3H3. The molecule has 0 bridgehead atoms. The van der Waals surface area contributed by atoms with Gasteiger partial charge in [0.25, 0.3) is 0 Å². The van der Waals surface area contributed by atoms with Crippen molar-refractivity contribution in [2.24, 2.45) is 0 Å². The lowest BCUT2D eigenvalue weighted by Gasteiger charge is -2.34. The van der Waals surface area contributed by atoms with Crippen molar-refractivity contribution in [2.45, 2.75) is 18.4 Å². The van der Waals surface area contributed by atoms with Gasteiger partial charge in [0.05, 0.1) is 25.7 Å². The molecule has 0 radical (unpaired) electrons. The van der Waals surface area contributed by atoms with Gasteiger partial charge in [0, 0.05) is 32.7 Å². The van der Waals surface area contributed by atoms with Crippen LogP contribution in [0.1, 0.15) is 12.5 Å². The Hall–Kier alpha value is -2.29. The molecule has 0 aromatic heterocycles. The Bertz CT molecular complexity index is 907. The number of benzene rings is 2. The van der Waals surface area contributed by atoms with Gasteiger partial charge in [-0.1, -0.05) is 6.07 Å². The monoisotopic (exact) mass is 420 g/mol. The Morgan fingerprint density at radius 1 is 0.897 bits per heavy atom. The van der Waals surface area contributed by atoms with E-state index in [-0.39, 0.29) is 0 Å². The molecule has 1 aliphatic heterocycles. The van der Waals surface area contributed by atoms with Crippen molar-refractivity contribution < 1.29 is 22.6 Å². The largest absolute Gasteiger partial charge is 0.494 e. The number of rotatable bonds is 8. The highest BCUT2D eigenvalue weighted by atomic mass is 32.2. The van der Waals surface area contributed by atoms with Gasteiger partial charge in [0.1, 0.15) is 5.75 Å². The number of hydrogen-bond acceptors (Lipinski definition) is 6. The van der Waals surface area contributed by atoms with Crippen LogP contribution in [0, 0.1) is 0 Å². The lowest BCUT2D eigenvalue weighted by Crippen LogP contribution is -2.48. The first-order valence-corrected chi connectivity index (χ1v) is 11.1. The first-order chi connectivity index (χ1) is 14.0. The molecule has 0 saturated carbocycles. The Kier molecular flexibility index (Phi) is 7.00. The number of nitrogens with zero attached hydrogens (tertiary/aromatic N) is 2. The first-order valence-electron chi connectivity index (χ1n) is 9.64. The molecule has 1 heterocycles. The van der Waals surface area contributed by atoms with Crippen molar-refractivity contribution in [3.05, 3.63) is 48.0 Å². The third-order valence-corrected chi connectivity index (χ3v) is 6.87. The summed E-state index contributed by atoms with van der Waals surface area (Å²) in [5.41, 5.74) is 1.10. The molecule has 1 aliphatic rings. The van der Waals surface area contributed by atoms with E-state index >= 15 is 0 Å². The Balaban J connectivity index is 1.61. The van der Waals surface area contributed by atoms with E-state index in [4.69, 9.17) is 14.2 Å². The van der Waals surface area contributed by atoms with Gasteiger partial charge in [-0.25, -0.2) is 8.42 Å². The van der Waals surface area contributed by atoms with Crippen LogP contribution in [0.4, 0.5) is 0 Å². The third kappa shape index (κ3) is 5.01. The van der Waals surface area contributed by atoms with E-state index in [0.29, 0.717) is 54.9 Å². The van der Waals surface area contributed by atoms with E-state index in [1.165, 1.54) is 0 Å². The highest BCUT2D eigenvalue weighted by Gasteiger charge is 2.28. The minimum atomic E-state index is -3.50. The van der Waals surface area contributed by atoms with Gasteiger partial charge in [-0.15, -0.1) is 0 Å². The van der Waals surface area contributed by atoms with Gasteiger partial charge < -0.3 is 14.2 Å². The first kappa shape index (κ1) is 21.4. The second-order valence-electron chi connectivity index (χ2n) is 6.77. The topological polar surface area (TPSA) is 68.3 Å². The zero-order chi connectivity index (χ0) is 20.9. The van der Waals surface area contributed by atoms with Crippen LogP contribution in [0.2, 0.25) is 0 Å². The summed E-state index contributed by atoms with van der Waals surface area (Å²) in [4.78, 5) is 2.54. The van der Waals surface area contributed by atoms with Crippen molar-refractivity contribution in [3.63, 3.8) is 0 Å². The van der Waals surface area contributed by atoms with E-state index in [9.17, 15) is 8.42 Å². The van der Waals surface area contributed by atoms with Crippen LogP contribution in [0.25, 0.3) is 0 Å². The van der Waals surface area contributed by atoms with Gasteiger partial charge in [0.15, 0.2) is 11.5 Å². The number of hydrogen-bond donors (Lipinski definition) is 0. The summed E-state index contributed by atoms with van der Waals surface area (Å²) in [5, 5.41) is 0. The van der Waals surface area contributed by atoms with Crippen molar-refractivity contribution >= 4 is 10.0 Å². The maximum atomic E-state index is 12.9. The zero-order valence-corrected chi connectivity index (χ0v) is 17.9. The Labute approximate surface area is 172 Å². The fraction of sp³-hybridized carbons (Fsp3) is 0.429. The van der Waals surface area contributed by atoms with Crippen LogP contribution in [-0.4, -0.2) is 64.6 Å². The molecule has 0 amide bonds. The summed E-state index contributed by atoms with van der Waals surface area (Å²) in [6, 6.07) is 12.5. The fourth-order valence-corrected chi connectivity index (χ4v) is 4.81. The summed E-state index contributed by atoms with van der Waals surface area (Å²) in [5.74, 6) is 2.07. The van der Waals surface area contributed by atoms with E-state index in [2.05, 4.69) is 4.90 Å². The van der Waals surface area contributed by atoms with Crippen LogP contribution < -0.4 is 14.2 Å². The predicted octanol–water partition coefficient (Wildman–Crippen LogP) is 2.61. The minimum Gasteiger partial charge on any atom is -0.494 e. The molecular formula is C21H28N2O5S. The van der Waals surface area contributed by atoms with Gasteiger partial charge in [-0.05, 0) is 48.9 Å². The molecule has 7 nitrogen and oxygen atoms in total. The maximum Gasteiger partial charge on any atom is 0.243 e. The number of piperazine rings is 1. The molecule has 0 unspecified atom stereocenters. The Morgan fingerprint density at radius 2 is 1.55 bits per heavy atom. The molecule has 8 heteroatoms. The average molecular weight is 421 g/mol. The molecular weight excluding hydrogens is 392 g/mol. The third-order valence-electron chi connectivity index (χ3n) is 4.96. The molecule has 1 fully saturated rings. The lowest BCUT2D eigenvalue weighted by atomic mass is 10.1. The van der Waals surface area contributed by atoms with Crippen molar-refractivity contribution in [1.29, 1.82) is 0 Å². The molecule has 2 aromatic carbocycles. The fourth-order valence-electron chi connectivity index (χ4n) is 3.39. The van der Waals surface area contributed by atoms with Gasteiger partial charge in [0.2, 0.25) is 10.0 Å². The highest BCUT2D eigenvalue weighted by molar-refractivity contribution is 7.89. The van der Waals surface area contributed by atoms with Crippen molar-refractivity contribution in [1.82, 2.24) is 9.21 Å². The number of methoxy groups -OCH3 is 2. The molecule has 2 aromatic rings. The van der Waals surface area contributed by atoms with Gasteiger partial charge >= 0.3 is 0 Å². The second-order valence-corrected chi connectivity index (χ2v) is 8.71. The minimum absolute atomic E-state index is 0.300. The molecule has 158 valence electrons. The second kappa shape index (κ2) is 9.47. The van der Waals surface area contributed by atoms with Gasteiger partial charge in [-0.2, -0.15) is 4.31 Å². The van der Waals surface area contributed by atoms with Crippen LogP contribution in [-0.2, 0) is 16.6 Å². The van der Waals surface area contributed by atoms with Crippen molar-refractivity contribution in [2.75, 3.05) is 47.0 Å². The molecule has 1 saturated heterocycles. The average Bonchev–Trinajstić information content (AvgIpc) is 2.74. The van der Waals surface area contributed by atoms with Gasteiger partial charge in [-0.3, -0.25) is 4.90 Å². The normalized spacial score (nSPS) is 15.8. The number of ether oxygens (including phenoxy) is 3.